The van der Waals surface area contributed by atoms with Crippen molar-refractivity contribution < 1.29 is 0 Å². The Morgan fingerprint density at radius 2 is 0.979 bits per heavy atom. The van der Waals surface area contributed by atoms with E-state index in [2.05, 4.69) is 102 Å². The van der Waals surface area contributed by atoms with E-state index in [1.54, 1.807) is 0 Å². The van der Waals surface area contributed by atoms with Crippen LogP contribution in [0, 0.1) is 0 Å². The Labute approximate surface area is 280 Å². The summed E-state index contributed by atoms with van der Waals surface area (Å²) in [6.07, 6.45) is 0. The molecule has 0 radical (unpaired) electrons. The Balaban J connectivity index is 1.15. The van der Waals surface area contributed by atoms with Crippen molar-refractivity contribution in [2.24, 2.45) is 0 Å². The van der Waals surface area contributed by atoms with Crippen molar-refractivity contribution in [2.75, 3.05) is 0 Å². The molecular weight excluding hydrogens is 605 g/mol. The molecule has 3 aromatic heterocycles. The Kier molecular flexibility index (Phi) is 6.01. The van der Waals surface area contributed by atoms with Crippen LogP contribution in [0.3, 0.4) is 0 Å². The number of fused-ring (bicyclic) bond motifs is 9. The van der Waals surface area contributed by atoms with Crippen LogP contribution in [0.5, 0.6) is 0 Å². The van der Waals surface area contributed by atoms with Gasteiger partial charge in [0.15, 0.2) is 17.5 Å². The van der Waals surface area contributed by atoms with E-state index in [0.717, 1.165) is 22.4 Å². The lowest BCUT2D eigenvalue weighted by Gasteiger charge is -2.11. The maximum Gasteiger partial charge on any atom is 0.164 e. The Bertz CT molecular complexity index is 2760. The number of para-hydroxylation sites is 1. The Morgan fingerprint density at radius 1 is 0.396 bits per heavy atom. The first-order valence-corrected chi connectivity index (χ1v) is 16.9. The molecule has 10 aromatic rings. The third kappa shape index (κ3) is 4.18. The van der Waals surface area contributed by atoms with Crippen LogP contribution in [0.25, 0.3) is 92.6 Å². The number of nitrogens with zero attached hydrogens (tertiary/aromatic N) is 4. The van der Waals surface area contributed by atoms with Gasteiger partial charge in [-0.25, -0.2) is 15.0 Å². The summed E-state index contributed by atoms with van der Waals surface area (Å²) in [6.45, 7) is 0. The molecule has 0 amide bonds. The predicted molar refractivity (Wildman–Crippen MR) is 201 cm³/mol. The van der Waals surface area contributed by atoms with Crippen LogP contribution in [-0.2, 0) is 0 Å². The van der Waals surface area contributed by atoms with Gasteiger partial charge in [-0.1, -0.05) is 115 Å². The molecule has 0 atom stereocenters. The van der Waals surface area contributed by atoms with Crippen LogP contribution >= 0.6 is 11.3 Å². The molecule has 10 rings (SSSR count). The second kappa shape index (κ2) is 10.7. The van der Waals surface area contributed by atoms with Gasteiger partial charge in [-0.2, -0.15) is 0 Å². The van der Waals surface area contributed by atoms with Gasteiger partial charge in [-0.05, 0) is 53.2 Å². The van der Waals surface area contributed by atoms with E-state index in [9.17, 15) is 0 Å². The molecule has 3 heterocycles. The van der Waals surface area contributed by atoms with Crippen molar-refractivity contribution in [1.82, 2.24) is 19.5 Å². The van der Waals surface area contributed by atoms with Crippen LogP contribution in [0.4, 0.5) is 0 Å². The number of thiophene rings is 1. The number of aromatic nitrogens is 4. The quantitative estimate of drug-likeness (QED) is 0.194. The van der Waals surface area contributed by atoms with Gasteiger partial charge in [-0.15, -0.1) is 11.3 Å². The normalized spacial score (nSPS) is 11.8. The average Bonchev–Trinajstić information content (AvgIpc) is 3.72. The zero-order valence-corrected chi connectivity index (χ0v) is 26.5. The highest BCUT2D eigenvalue weighted by Crippen LogP contribution is 2.45. The topological polar surface area (TPSA) is 43.6 Å². The fourth-order valence-corrected chi connectivity index (χ4v) is 8.31. The van der Waals surface area contributed by atoms with E-state index in [1.807, 2.05) is 72.0 Å². The summed E-state index contributed by atoms with van der Waals surface area (Å²) in [5, 5.41) is 7.81. The number of benzene rings is 7. The van der Waals surface area contributed by atoms with Gasteiger partial charge in [0.2, 0.25) is 0 Å². The highest BCUT2D eigenvalue weighted by atomic mass is 32.1. The van der Waals surface area contributed by atoms with E-state index < -0.39 is 0 Å². The smallest absolute Gasteiger partial charge is 0.164 e. The van der Waals surface area contributed by atoms with E-state index in [1.165, 1.54) is 52.8 Å². The minimum absolute atomic E-state index is 0.649. The monoisotopic (exact) mass is 630 g/mol. The lowest BCUT2D eigenvalue weighted by molar-refractivity contribution is 1.07. The largest absolute Gasteiger partial charge is 0.309 e. The molecule has 0 N–H and O–H groups in total. The standard InChI is InChI=1S/C43H26N4S/c1-3-12-28(13-4-1)41-44-42(29-14-5-2-6-15-29)46-43(45-41)30-19-22-31(23-20-30)47-35-18-10-9-17-33(35)39-36(47)25-24-34-38-32-16-8-7-11-27(32)21-26-37(38)48-40(34)39/h1-26H. The minimum Gasteiger partial charge on any atom is -0.309 e. The van der Waals surface area contributed by atoms with Crippen molar-refractivity contribution in [1.29, 1.82) is 0 Å². The van der Waals surface area contributed by atoms with E-state index >= 15 is 0 Å². The maximum atomic E-state index is 4.94. The van der Waals surface area contributed by atoms with Gasteiger partial charge >= 0.3 is 0 Å². The number of hydrogen-bond acceptors (Lipinski definition) is 4. The summed E-state index contributed by atoms with van der Waals surface area (Å²) in [7, 11) is 0. The SMILES string of the molecule is c1ccc(-c2nc(-c3ccccc3)nc(-c3ccc(-n4c5ccccc5c5c6sc7ccc8ccccc8c7c6ccc54)cc3)n2)cc1. The zero-order chi connectivity index (χ0) is 31.6. The fourth-order valence-electron chi connectivity index (χ4n) is 7.03. The van der Waals surface area contributed by atoms with Crippen LogP contribution in [-0.4, -0.2) is 19.5 Å². The molecular formula is C43H26N4S. The lowest BCUT2D eigenvalue weighted by Crippen LogP contribution is -2.00. The molecule has 0 spiro atoms. The number of rotatable bonds is 4. The molecule has 0 aliphatic rings. The molecule has 48 heavy (non-hydrogen) atoms. The molecule has 0 aliphatic carbocycles. The highest BCUT2D eigenvalue weighted by molar-refractivity contribution is 7.27. The van der Waals surface area contributed by atoms with Crippen LogP contribution in [0.15, 0.2) is 158 Å². The third-order valence-electron chi connectivity index (χ3n) is 9.25. The summed E-state index contributed by atoms with van der Waals surface area (Å²) < 4.78 is 5.03. The van der Waals surface area contributed by atoms with Crippen molar-refractivity contribution in [3.05, 3.63) is 158 Å². The van der Waals surface area contributed by atoms with Crippen LogP contribution in [0.2, 0.25) is 0 Å². The van der Waals surface area contributed by atoms with Gasteiger partial charge in [0.1, 0.15) is 0 Å². The van der Waals surface area contributed by atoms with E-state index in [-0.39, 0.29) is 0 Å². The molecule has 7 aromatic carbocycles. The second-order valence-corrected chi connectivity index (χ2v) is 13.1. The summed E-state index contributed by atoms with van der Waals surface area (Å²) in [6, 6.07) is 55.4. The maximum absolute atomic E-state index is 4.94. The first-order chi connectivity index (χ1) is 23.8. The van der Waals surface area contributed by atoms with Crippen molar-refractivity contribution in [2.45, 2.75) is 0 Å². The fraction of sp³-hybridized carbons (Fsp3) is 0. The average molecular weight is 631 g/mol. The van der Waals surface area contributed by atoms with Crippen LogP contribution in [0.1, 0.15) is 0 Å². The first kappa shape index (κ1) is 27.0. The van der Waals surface area contributed by atoms with Gasteiger partial charge in [0.25, 0.3) is 0 Å². The lowest BCUT2D eigenvalue weighted by atomic mass is 10.0. The van der Waals surface area contributed by atoms with E-state index in [4.69, 9.17) is 15.0 Å². The summed E-state index contributed by atoms with van der Waals surface area (Å²) in [5.41, 5.74) is 6.34. The molecule has 0 aliphatic heterocycles. The molecule has 0 saturated carbocycles. The van der Waals surface area contributed by atoms with Gasteiger partial charge in [0, 0.05) is 53.3 Å². The molecule has 0 bridgehead atoms. The van der Waals surface area contributed by atoms with Crippen molar-refractivity contribution in [3.8, 4) is 39.9 Å². The molecule has 5 heteroatoms. The van der Waals surface area contributed by atoms with Crippen molar-refractivity contribution in [3.63, 3.8) is 0 Å². The van der Waals surface area contributed by atoms with Crippen molar-refractivity contribution >= 4 is 64.1 Å². The highest BCUT2D eigenvalue weighted by Gasteiger charge is 2.19. The van der Waals surface area contributed by atoms with Crippen LogP contribution < -0.4 is 0 Å². The summed E-state index contributed by atoms with van der Waals surface area (Å²) in [5.74, 6) is 1.97. The number of hydrogen-bond donors (Lipinski definition) is 0. The molecule has 0 saturated heterocycles. The second-order valence-electron chi connectivity index (χ2n) is 12.0. The Morgan fingerprint density at radius 3 is 1.67 bits per heavy atom. The molecule has 0 unspecified atom stereocenters. The molecule has 4 nitrogen and oxygen atoms in total. The van der Waals surface area contributed by atoms with Gasteiger partial charge in [0.05, 0.1) is 11.0 Å². The summed E-state index contributed by atoms with van der Waals surface area (Å²) in [4.78, 5) is 14.7. The van der Waals surface area contributed by atoms with E-state index in [0.29, 0.717) is 17.5 Å². The zero-order valence-electron chi connectivity index (χ0n) is 25.7. The minimum atomic E-state index is 0.649. The first-order valence-electron chi connectivity index (χ1n) is 16.0. The van der Waals surface area contributed by atoms with Gasteiger partial charge in [-0.3, -0.25) is 0 Å². The molecule has 0 fully saturated rings. The predicted octanol–water partition coefficient (Wildman–Crippen LogP) is 11.5. The summed E-state index contributed by atoms with van der Waals surface area (Å²) >= 11 is 1.89. The molecule has 224 valence electrons. The third-order valence-corrected chi connectivity index (χ3v) is 10.4. The Hall–Kier alpha value is -6.17. The van der Waals surface area contributed by atoms with Gasteiger partial charge < -0.3 is 4.57 Å².